The van der Waals surface area contributed by atoms with Crippen molar-refractivity contribution in [3.63, 3.8) is 0 Å². The Hall–Kier alpha value is -3.41. The number of benzene rings is 2. The van der Waals surface area contributed by atoms with Crippen molar-refractivity contribution in [1.82, 2.24) is 14.5 Å². The van der Waals surface area contributed by atoms with Gasteiger partial charge in [-0.15, -0.1) is 0 Å². The van der Waals surface area contributed by atoms with Crippen molar-refractivity contribution >= 4 is 17.8 Å². The molecule has 0 unspecified atom stereocenters. The minimum atomic E-state index is -0.266. The zero-order chi connectivity index (χ0) is 22.4. The lowest BCUT2D eigenvalue weighted by atomic mass is 10.1. The molecular formula is C25H30N4O2. The first-order valence-electron chi connectivity index (χ1n) is 10.7. The van der Waals surface area contributed by atoms with Crippen LogP contribution in [0.25, 0.3) is 16.9 Å². The van der Waals surface area contributed by atoms with E-state index in [1.54, 1.807) is 4.90 Å². The molecule has 0 radical (unpaired) electrons. The Morgan fingerprint density at radius 2 is 1.74 bits per heavy atom. The number of amides is 2. The van der Waals surface area contributed by atoms with Gasteiger partial charge in [0, 0.05) is 30.4 Å². The number of carbonyl (C=O) groups excluding carboxylic acids is 2. The number of aromatic nitrogens is 2. The zero-order valence-electron chi connectivity index (χ0n) is 18.6. The van der Waals surface area contributed by atoms with Gasteiger partial charge >= 0.3 is 0 Å². The van der Waals surface area contributed by atoms with Crippen LogP contribution in [0, 0.1) is 12.8 Å². The average molecular weight is 419 g/mol. The number of hydrogen-bond donors (Lipinski definition) is 1. The molecule has 1 heterocycles. The number of anilines is 1. The Balaban J connectivity index is 1.86. The van der Waals surface area contributed by atoms with Gasteiger partial charge in [0.25, 0.3) is 0 Å². The van der Waals surface area contributed by atoms with Gasteiger partial charge in [0.2, 0.25) is 17.8 Å². The fourth-order valence-corrected chi connectivity index (χ4v) is 3.31. The van der Waals surface area contributed by atoms with Crippen molar-refractivity contribution in [2.24, 2.45) is 5.92 Å². The fraction of sp³-hybridized carbons (Fsp3) is 0.320. The van der Waals surface area contributed by atoms with E-state index in [1.165, 1.54) is 0 Å². The fourth-order valence-electron chi connectivity index (χ4n) is 3.31. The highest BCUT2D eigenvalue weighted by Crippen LogP contribution is 2.24. The molecule has 2 amide bonds. The molecule has 0 atom stereocenters. The number of nitrogens with one attached hydrogen (secondary N) is 1. The predicted octanol–water partition coefficient (Wildman–Crippen LogP) is 4.68. The lowest BCUT2D eigenvalue weighted by Gasteiger charge is -2.21. The van der Waals surface area contributed by atoms with Crippen LogP contribution in [0.15, 0.2) is 60.8 Å². The molecule has 0 spiro atoms. The average Bonchev–Trinajstić information content (AvgIpc) is 3.16. The van der Waals surface area contributed by atoms with Crippen LogP contribution in [0.3, 0.4) is 0 Å². The van der Waals surface area contributed by atoms with Crippen LogP contribution in [0.1, 0.15) is 32.8 Å². The lowest BCUT2D eigenvalue weighted by molar-refractivity contribution is -0.135. The Morgan fingerprint density at radius 3 is 2.35 bits per heavy atom. The minimum Gasteiger partial charge on any atom is -0.334 e. The van der Waals surface area contributed by atoms with Crippen molar-refractivity contribution in [2.75, 3.05) is 18.4 Å². The molecule has 162 valence electrons. The Kier molecular flexibility index (Phi) is 7.23. The van der Waals surface area contributed by atoms with Crippen molar-refractivity contribution < 1.29 is 9.59 Å². The maximum Gasteiger partial charge on any atom is 0.246 e. The van der Waals surface area contributed by atoms with Gasteiger partial charge in [-0.05, 0) is 31.9 Å². The van der Waals surface area contributed by atoms with Crippen LogP contribution >= 0.6 is 0 Å². The first kappa shape index (κ1) is 22.3. The van der Waals surface area contributed by atoms with E-state index >= 15 is 0 Å². The number of aryl methyl sites for hydroxylation is 1. The van der Waals surface area contributed by atoms with Gasteiger partial charge in [-0.25, -0.2) is 4.98 Å². The van der Waals surface area contributed by atoms with Crippen molar-refractivity contribution in [1.29, 1.82) is 0 Å². The van der Waals surface area contributed by atoms with Crippen LogP contribution < -0.4 is 5.32 Å². The molecule has 0 saturated heterocycles. The highest BCUT2D eigenvalue weighted by molar-refractivity contribution is 5.93. The predicted molar refractivity (Wildman–Crippen MR) is 124 cm³/mol. The van der Waals surface area contributed by atoms with Gasteiger partial charge in [-0.1, -0.05) is 61.9 Å². The van der Waals surface area contributed by atoms with Crippen LogP contribution in [0.4, 0.5) is 5.95 Å². The number of carbonyl (C=O) groups is 2. The molecule has 0 fully saturated rings. The molecular weight excluding hydrogens is 388 g/mol. The SMILES string of the molecule is CCN(CC(=O)Nc1nc(-c2ccccc2)cn1-c1ccc(C)cc1)C(=O)CC(C)C. The molecule has 6 nitrogen and oxygen atoms in total. The Morgan fingerprint density at radius 1 is 1.06 bits per heavy atom. The molecule has 6 heteroatoms. The van der Waals surface area contributed by atoms with Gasteiger partial charge in [-0.2, -0.15) is 0 Å². The summed E-state index contributed by atoms with van der Waals surface area (Å²) in [4.78, 5) is 31.5. The monoisotopic (exact) mass is 418 g/mol. The van der Waals surface area contributed by atoms with Crippen LogP contribution in [-0.2, 0) is 9.59 Å². The summed E-state index contributed by atoms with van der Waals surface area (Å²) in [5.74, 6) is 0.399. The van der Waals surface area contributed by atoms with Gasteiger partial charge in [0.1, 0.15) is 0 Å². The van der Waals surface area contributed by atoms with E-state index in [4.69, 9.17) is 0 Å². The summed E-state index contributed by atoms with van der Waals surface area (Å²) in [7, 11) is 0. The number of nitrogens with zero attached hydrogens (tertiary/aromatic N) is 3. The molecule has 0 aliphatic heterocycles. The van der Waals surface area contributed by atoms with Gasteiger partial charge in [-0.3, -0.25) is 19.5 Å². The lowest BCUT2D eigenvalue weighted by Crippen LogP contribution is -2.38. The van der Waals surface area contributed by atoms with Crippen molar-refractivity contribution in [3.05, 3.63) is 66.4 Å². The van der Waals surface area contributed by atoms with Crippen molar-refractivity contribution in [3.8, 4) is 16.9 Å². The summed E-state index contributed by atoms with van der Waals surface area (Å²) < 4.78 is 1.87. The topological polar surface area (TPSA) is 67.2 Å². The summed E-state index contributed by atoms with van der Waals surface area (Å²) in [6.45, 7) is 8.39. The van der Waals surface area contributed by atoms with Crippen LogP contribution in [0.2, 0.25) is 0 Å². The number of rotatable bonds is 8. The third kappa shape index (κ3) is 5.81. The number of likely N-dealkylation sites (N-methyl/N-ethyl adjacent to an activating group) is 1. The summed E-state index contributed by atoms with van der Waals surface area (Å²) in [5, 5.41) is 2.91. The Bertz CT molecular complexity index is 1020. The van der Waals surface area contributed by atoms with Crippen molar-refractivity contribution in [2.45, 2.75) is 34.1 Å². The zero-order valence-corrected chi connectivity index (χ0v) is 18.6. The Labute approximate surface area is 183 Å². The van der Waals surface area contributed by atoms with E-state index in [-0.39, 0.29) is 24.3 Å². The molecule has 31 heavy (non-hydrogen) atoms. The number of hydrogen-bond acceptors (Lipinski definition) is 3. The third-order valence-corrected chi connectivity index (χ3v) is 4.99. The van der Waals surface area contributed by atoms with E-state index < -0.39 is 0 Å². The summed E-state index contributed by atoms with van der Waals surface area (Å²) in [6.07, 6.45) is 2.34. The molecule has 3 rings (SSSR count). The summed E-state index contributed by atoms with van der Waals surface area (Å²) >= 11 is 0. The first-order valence-corrected chi connectivity index (χ1v) is 10.7. The largest absolute Gasteiger partial charge is 0.334 e. The molecule has 2 aromatic carbocycles. The van der Waals surface area contributed by atoms with E-state index in [0.717, 1.165) is 22.5 Å². The second-order valence-electron chi connectivity index (χ2n) is 8.08. The second kappa shape index (κ2) is 10.1. The summed E-state index contributed by atoms with van der Waals surface area (Å²) in [6, 6.07) is 17.9. The molecule has 1 aromatic heterocycles. The van der Waals surface area contributed by atoms with Gasteiger partial charge < -0.3 is 4.90 Å². The highest BCUT2D eigenvalue weighted by Gasteiger charge is 2.19. The molecule has 0 bridgehead atoms. The van der Waals surface area contributed by atoms with E-state index in [1.807, 2.05) is 93.1 Å². The maximum atomic E-state index is 12.8. The van der Waals surface area contributed by atoms with E-state index in [9.17, 15) is 9.59 Å². The maximum absolute atomic E-state index is 12.8. The molecule has 0 saturated carbocycles. The molecule has 1 N–H and O–H groups in total. The van der Waals surface area contributed by atoms with E-state index in [2.05, 4.69) is 10.3 Å². The van der Waals surface area contributed by atoms with E-state index in [0.29, 0.717) is 18.9 Å². The van der Waals surface area contributed by atoms with Gasteiger partial charge in [0.15, 0.2) is 0 Å². The quantitative estimate of drug-likeness (QED) is 0.577. The van der Waals surface area contributed by atoms with Crippen LogP contribution in [0.5, 0.6) is 0 Å². The second-order valence-corrected chi connectivity index (χ2v) is 8.08. The molecule has 3 aromatic rings. The normalized spacial score (nSPS) is 10.9. The smallest absolute Gasteiger partial charge is 0.246 e. The third-order valence-electron chi connectivity index (χ3n) is 4.99. The minimum absolute atomic E-state index is 0.00345. The number of imidazole rings is 1. The molecule has 0 aliphatic carbocycles. The molecule has 0 aliphatic rings. The van der Waals surface area contributed by atoms with Crippen LogP contribution in [-0.4, -0.2) is 39.4 Å². The summed E-state index contributed by atoms with van der Waals surface area (Å²) in [5.41, 5.74) is 3.78. The first-order chi connectivity index (χ1) is 14.9. The van der Waals surface area contributed by atoms with Gasteiger partial charge in [0.05, 0.1) is 12.2 Å². The standard InChI is InChI=1S/C25H30N4O2/c1-5-28(24(31)15-18(2)3)17-23(30)27-25-26-22(20-9-7-6-8-10-20)16-29(25)21-13-11-19(4)12-14-21/h6-14,16,18H,5,15,17H2,1-4H3,(H,26,27,30). The highest BCUT2D eigenvalue weighted by atomic mass is 16.2.